The van der Waals surface area contributed by atoms with E-state index in [1.807, 2.05) is 23.9 Å². The molecule has 0 aliphatic heterocycles. The first-order valence-electron chi connectivity index (χ1n) is 5.02. The molecule has 0 aliphatic carbocycles. The number of aryl methyl sites for hydroxylation is 1. The first kappa shape index (κ1) is 11.3. The van der Waals surface area contributed by atoms with Crippen LogP contribution in [0, 0.1) is 0 Å². The van der Waals surface area contributed by atoms with Crippen molar-refractivity contribution in [2.24, 2.45) is 7.05 Å². The smallest absolute Gasteiger partial charge is 0.0922 e. The van der Waals surface area contributed by atoms with Gasteiger partial charge in [-0.2, -0.15) is 11.3 Å². The van der Waals surface area contributed by atoms with Gasteiger partial charge in [-0.1, -0.05) is 5.21 Å². The van der Waals surface area contributed by atoms with Crippen LogP contribution in [0.4, 0.5) is 0 Å². The summed E-state index contributed by atoms with van der Waals surface area (Å²) in [4.78, 5) is 0. The van der Waals surface area contributed by atoms with Crippen molar-refractivity contribution in [1.29, 1.82) is 0 Å². The van der Waals surface area contributed by atoms with Crippen LogP contribution in [0.1, 0.15) is 17.4 Å². The lowest BCUT2D eigenvalue weighted by Crippen LogP contribution is -2.22. The Kier molecular flexibility index (Phi) is 3.66. The fourth-order valence-corrected chi connectivity index (χ4v) is 2.10. The van der Waals surface area contributed by atoms with Crippen LogP contribution in [0.15, 0.2) is 23.0 Å². The summed E-state index contributed by atoms with van der Waals surface area (Å²) in [7, 11) is 1.85. The van der Waals surface area contributed by atoms with Crippen molar-refractivity contribution >= 4 is 11.3 Å². The number of hydrogen-bond acceptors (Lipinski definition) is 5. The molecule has 0 amide bonds. The minimum absolute atomic E-state index is 0.451. The fraction of sp³-hybridized carbons (Fsp3) is 0.400. The van der Waals surface area contributed by atoms with Crippen LogP contribution in [0.2, 0.25) is 0 Å². The van der Waals surface area contributed by atoms with Gasteiger partial charge >= 0.3 is 0 Å². The van der Waals surface area contributed by atoms with Crippen LogP contribution in [0.25, 0.3) is 0 Å². The Bertz CT molecular complexity index is 426. The minimum atomic E-state index is -0.451. The molecule has 2 heterocycles. The molecule has 0 radical (unpaired) electrons. The van der Waals surface area contributed by atoms with Gasteiger partial charge in [-0.05, 0) is 22.4 Å². The Morgan fingerprint density at radius 1 is 1.62 bits per heavy atom. The molecule has 6 heteroatoms. The molecular weight excluding hydrogens is 224 g/mol. The second-order valence-corrected chi connectivity index (χ2v) is 4.33. The van der Waals surface area contributed by atoms with Crippen molar-refractivity contribution in [1.82, 2.24) is 20.3 Å². The summed E-state index contributed by atoms with van der Waals surface area (Å²) in [6, 6.07) is 1.93. The molecule has 86 valence electrons. The van der Waals surface area contributed by atoms with E-state index < -0.39 is 6.10 Å². The molecular formula is C10H14N4OS. The van der Waals surface area contributed by atoms with E-state index in [0.29, 0.717) is 13.1 Å². The average molecular weight is 238 g/mol. The molecule has 0 aliphatic rings. The fourth-order valence-electron chi connectivity index (χ4n) is 1.39. The molecule has 2 rings (SSSR count). The van der Waals surface area contributed by atoms with Gasteiger partial charge in [-0.15, -0.1) is 5.10 Å². The lowest BCUT2D eigenvalue weighted by atomic mass is 10.2. The SMILES string of the molecule is Cn1nncc1CNCC(O)c1ccsc1. The van der Waals surface area contributed by atoms with E-state index in [4.69, 9.17) is 0 Å². The van der Waals surface area contributed by atoms with E-state index in [1.54, 1.807) is 22.2 Å². The van der Waals surface area contributed by atoms with Crippen LogP contribution in [0.5, 0.6) is 0 Å². The normalized spacial score (nSPS) is 12.9. The van der Waals surface area contributed by atoms with E-state index in [9.17, 15) is 5.11 Å². The van der Waals surface area contributed by atoms with E-state index in [1.165, 1.54) is 0 Å². The molecule has 5 nitrogen and oxygen atoms in total. The van der Waals surface area contributed by atoms with Crippen molar-refractivity contribution < 1.29 is 5.11 Å². The number of thiophene rings is 1. The van der Waals surface area contributed by atoms with Crippen molar-refractivity contribution in [3.63, 3.8) is 0 Å². The standard InChI is InChI=1S/C10H14N4OS/c1-14-9(5-12-13-14)4-11-6-10(15)8-2-3-16-7-8/h2-3,5,7,10-11,15H,4,6H2,1H3. The molecule has 0 saturated carbocycles. The Balaban J connectivity index is 1.78. The number of nitrogens with one attached hydrogen (secondary N) is 1. The summed E-state index contributed by atoms with van der Waals surface area (Å²) in [5.74, 6) is 0. The Hall–Kier alpha value is -1.24. The molecule has 0 bridgehead atoms. The zero-order chi connectivity index (χ0) is 11.4. The largest absolute Gasteiger partial charge is 0.387 e. The maximum atomic E-state index is 9.81. The number of rotatable bonds is 5. The summed E-state index contributed by atoms with van der Waals surface area (Å²) < 4.78 is 1.71. The van der Waals surface area contributed by atoms with E-state index in [0.717, 1.165) is 11.3 Å². The quantitative estimate of drug-likeness (QED) is 0.805. The Labute approximate surface area is 97.7 Å². The number of aromatic nitrogens is 3. The zero-order valence-electron chi connectivity index (χ0n) is 9.00. The van der Waals surface area contributed by atoms with Gasteiger partial charge in [0.15, 0.2) is 0 Å². The van der Waals surface area contributed by atoms with Crippen LogP contribution < -0.4 is 5.32 Å². The molecule has 16 heavy (non-hydrogen) atoms. The second kappa shape index (κ2) is 5.20. The highest BCUT2D eigenvalue weighted by molar-refractivity contribution is 7.07. The van der Waals surface area contributed by atoms with Gasteiger partial charge in [-0.25, -0.2) is 0 Å². The molecule has 0 saturated heterocycles. The van der Waals surface area contributed by atoms with Crippen molar-refractivity contribution in [2.45, 2.75) is 12.6 Å². The highest BCUT2D eigenvalue weighted by atomic mass is 32.1. The van der Waals surface area contributed by atoms with Crippen LogP contribution in [-0.2, 0) is 13.6 Å². The molecule has 2 aromatic rings. The van der Waals surface area contributed by atoms with E-state index in [2.05, 4.69) is 15.6 Å². The zero-order valence-corrected chi connectivity index (χ0v) is 9.81. The Morgan fingerprint density at radius 2 is 2.50 bits per heavy atom. The van der Waals surface area contributed by atoms with Crippen molar-refractivity contribution in [2.75, 3.05) is 6.54 Å². The Morgan fingerprint density at radius 3 is 3.12 bits per heavy atom. The molecule has 1 unspecified atom stereocenters. The van der Waals surface area contributed by atoms with Gasteiger partial charge < -0.3 is 10.4 Å². The first-order valence-corrected chi connectivity index (χ1v) is 5.96. The molecule has 0 aromatic carbocycles. The highest BCUT2D eigenvalue weighted by Crippen LogP contribution is 2.15. The predicted octanol–water partition coefficient (Wildman–Crippen LogP) is 0.700. The van der Waals surface area contributed by atoms with Gasteiger partial charge in [-0.3, -0.25) is 4.68 Å². The van der Waals surface area contributed by atoms with Crippen molar-refractivity contribution in [3.05, 3.63) is 34.3 Å². The van der Waals surface area contributed by atoms with Crippen LogP contribution in [0.3, 0.4) is 0 Å². The van der Waals surface area contributed by atoms with Gasteiger partial charge in [0.1, 0.15) is 0 Å². The molecule has 1 atom stereocenters. The van der Waals surface area contributed by atoms with E-state index >= 15 is 0 Å². The first-order chi connectivity index (χ1) is 7.77. The van der Waals surface area contributed by atoms with Crippen molar-refractivity contribution in [3.8, 4) is 0 Å². The third kappa shape index (κ3) is 2.66. The van der Waals surface area contributed by atoms with Crippen LogP contribution >= 0.6 is 11.3 Å². The third-order valence-corrected chi connectivity index (χ3v) is 3.08. The lowest BCUT2D eigenvalue weighted by molar-refractivity contribution is 0.174. The monoisotopic (exact) mass is 238 g/mol. The predicted molar refractivity (Wildman–Crippen MR) is 62.0 cm³/mol. The summed E-state index contributed by atoms with van der Waals surface area (Å²) in [6.45, 7) is 1.19. The van der Waals surface area contributed by atoms with Crippen LogP contribution in [-0.4, -0.2) is 26.6 Å². The number of aliphatic hydroxyl groups is 1. The van der Waals surface area contributed by atoms with E-state index in [-0.39, 0.29) is 0 Å². The summed E-state index contributed by atoms with van der Waals surface area (Å²) in [5, 5.41) is 24.5. The number of nitrogens with zero attached hydrogens (tertiary/aromatic N) is 3. The molecule has 0 spiro atoms. The van der Waals surface area contributed by atoms with Gasteiger partial charge in [0.05, 0.1) is 18.0 Å². The van der Waals surface area contributed by atoms with Gasteiger partial charge in [0.25, 0.3) is 0 Å². The highest BCUT2D eigenvalue weighted by Gasteiger charge is 2.07. The lowest BCUT2D eigenvalue weighted by Gasteiger charge is -2.10. The second-order valence-electron chi connectivity index (χ2n) is 3.55. The van der Waals surface area contributed by atoms with Gasteiger partial charge in [0.2, 0.25) is 0 Å². The number of hydrogen-bond donors (Lipinski definition) is 2. The molecule has 2 aromatic heterocycles. The average Bonchev–Trinajstić information content (AvgIpc) is 2.90. The maximum absolute atomic E-state index is 9.81. The molecule has 0 fully saturated rings. The topological polar surface area (TPSA) is 63.0 Å². The summed E-state index contributed by atoms with van der Waals surface area (Å²) >= 11 is 1.59. The maximum Gasteiger partial charge on any atom is 0.0922 e. The molecule has 2 N–H and O–H groups in total. The number of aliphatic hydroxyl groups excluding tert-OH is 1. The van der Waals surface area contributed by atoms with Gasteiger partial charge in [0, 0.05) is 20.1 Å². The summed E-state index contributed by atoms with van der Waals surface area (Å²) in [6.07, 6.45) is 1.26. The summed E-state index contributed by atoms with van der Waals surface area (Å²) in [5.41, 5.74) is 1.96. The third-order valence-electron chi connectivity index (χ3n) is 2.38. The minimum Gasteiger partial charge on any atom is -0.387 e.